The minimum absolute atomic E-state index is 0.667. The summed E-state index contributed by atoms with van der Waals surface area (Å²) < 4.78 is 8.08. The normalized spacial score (nSPS) is 11.0. The third-order valence-corrected chi connectivity index (χ3v) is 3.57. The van der Waals surface area contributed by atoms with Crippen LogP contribution in [0.15, 0.2) is 21.3 Å². The van der Waals surface area contributed by atoms with Crippen LogP contribution in [0.3, 0.4) is 0 Å². The molecule has 2 aromatic heterocycles. The first-order chi connectivity index (χ1) is 8.22. The summed E-state index contributed by atoms with van der Waals surface area (Å²) in [6.45, 7) is 6.36. The van der Waals surface area contributed by atoms with Crippen LogP contribution in [0.5, 0.6) is 0 Å². The van der Waals surface area contributed by atoms with Crippen LogP contribution in [0.2, 0.25) is 0 Å². The standard InChI is InChI=1S/C11H15BrN4O/c1-3-16-10(11(12)8(2)15-16)7-13-6-9-4-5-14-17-9/h4-5,13H,3,6-7H2,1-2H3. The van der Waals surface area contributed by atoms with E-state index in [9.17, 15) is 0 Å². The van der Waals surface area contributed by atoms with Gasteiger partial charge in [-0.2, -0.15) is 5.10 Å². The Hall–Kier alpha value is -1.14. The van der Waals surface area contributed by atoms with Crippen molar-refractivity contribution in [2.75, 3.05) is 0 Å². The van der Waals surface area contributed by atoms with Gasteiger partial charge < -0.3 is 9.84 Å². The van der Waals surface area contributed by atoms with E-state index in [0.29, 0.717) is 6.54 Å². The lowest BCUT2D eigenvalue weighted by Gasteiger charge is -2.06. The van der Waals surface area contributed by atoms with Crippen molar-refractivity contribution >= 4 is 15.9 Å². The lowest BCUT2D eigenvalue weighted by Crippen LogP contribution is -2.16. The fourth-order valence-electron chi connectivity index (χ4n) is 1.68. The summed E-state index contributed by atoms with van der Waals surface area (Å²) in [5.74, 6) is 0.834. The number of aromatic nitrogens is 3. The molecule has 0 spiro atoms. The zero-order valence-electron chi connectivity index (χ0n) is 9.90. The van der Waals surface area contributed by atoms with Gasteiger partial charge in [-0.15, -0.1) is 0 Å². The highest BCUT2D eigenvalue weighted by Gasteiger charge is 2.11. The van der Waals surface area contributed by atoms with Crippen LogP contribution in [0.1, 0.15) is 24.1 Å². The molecule has 5 nitrogen and oxygen atoms in total. The van der Waals surface area contributed by atoms with Crippen molar-refractivity contribution in [1.29, 1.82) is 0 Å². The molecule has 0 saturated heterocycles. The van der Waals surface area contributed by atoms with Crippen molar-refractivity contribution in [3.63, 3.8) is 0 Å². The molecule has 17 heavy (non-hydrogen) atoms. The van der Waals surface area contributed by atoms with Crippen LogP contribution in [-0.2, 0) is 19.6 Å². The number of hydrogen-bond donors (Lipinski definition) is 1. The van der Waals surface area contributed by atoms with Crippen LogP contribution in [0.25, 0.3) is 0 Å². The fraction of sp³-hybridized carbons (Fsp3) is 0.455. The van der Waals surface area contributed by atoms with Crippen molar-refractivity contribution in [2.45, 2.75) is 33.5 Å². The first-order valence-corrected chi connectivity index (χ1v) is 6.33. The molecule has 0 atom stereocenters. The van der Waals surface area contributed by atoms with Crippen LogP contribution >= 0.6 is 15.9 Å². The number of rotatable bonds is 5. The monoisotopic (exact) mass is 298 g/mol. The topological polar surface area (TPSA) is 55.9 Å². The van der Waals surface area contributed by atoms with Crippen molar-refractivity contribution in [1.82, 2.24) is 20.3 Å². The molecule has 0 saturated carbocycles. The molecule has 92 valence electrons. The quantitative estimate of drug-likeness (QED) is 0.920. The van der Waals surface area contributed by atoms with Gasteiger partial charge in [0, 0.05) is 19.2 Å². The Kier molecular flexibility index (Phi) is 3.96. The van der Waals surface area contributed by atoms with E-state index in [1.54, 1.807) is 6.20 Å². The van der Waals surface area contributed by atoms with Crippen LogP contribution in [0.4, 0.5) is 0 Å². The molecule has 6 heteroatoms. The molecule has 0 aliphatic rings. The van der Waals surface area contributed by atoms with E-state index in [1.807, 2.05) is 17.7 Å². The van der Waals surface area contributed by atoms with E-state index in [1.165, 1.54) is 0 Å². The number of nitrogens with one attached hydrogen (secondary N) is 1. The third kappa shape index (κ3) is 2.76. The van der Waals surface area contributed by atoms with Gasteiger partial charge in [-0.25, -0.2) is 0 Å². The smallest absolute Gasteiger partial charge is 0.150 e. The molecular weight excluding hydrogens is 284 g/mol. The van der Waals surface area contributed by atoms with E-state index in [4.69, 9.17) is 4.52 Å². The molecular formula is C11H15BrN4O. The van der Waals surface area contributed by atoms with Crippen LogP contribution < -0.4 is 5.32 Å². The van der Waals surface area contributed by atoms with Crippen molar-refractivity contribution in [2.24, 2.45) is 0 Å². The van der Waals surface area contributed by atoms with E-state index in [2.05, 4.69) is 38.4 Å². The number of nitrogens with zero attached hydrogens (tertiary/aromatic N) is 3. The molecule has 2 aromatic rings. The fourth-order valence-corrected chi connectivity index (χ4v) is 2.10. The van der Waals surface area contributed by atoms with Crippen molar-refractivity contribution in [3.8, 4) is 0 Å². The molecule has 0 aliphatic heterocycles. The van der Waals surface area contributed by atoms with Gasteiger partial charge in [0.25, 0.3) is 0 Å². The second-order valence-electron chi connectivity index (χ2n) is 3.74. The second-order valence-corrected chi connectivity index (χ2v) is 4.54. The summed E-state index contributed by atoms with van der Waals surface area (Å²) in [4.78, 5) is 0. The highest BCUT2D eigenvalue weighted by atomic mass is 79.9. The zero-order chi connectivity index (χ0) is 12.3. The van der Waals surface area contributed by atoms with Gasteiger partial charge >= 0.3 is 0 Å². The Morgan fingerprint density at radius 3 is 2.94 bits per heavy atom. The van der Waals surface area contributed by atoms with Gasteiger partial charge in [-0.05, 0) is 29.8 Å². The van der Waals surface area contributed by atoms with Gasteiger partial charge in [-0.3, -0.25) is 4.68 Å². The Morgan fingerprint density at radius 2 is 2.29 bits per heavy atom. The summed E-state index contributed by atoms with van der Waals surface area (Å²) in [6, 6.07) is 1.85. The minimum Gasteiger partial charge on any atom is -0.360 e. The molecule has 0 aromatic carbocycles. The molecule has 0 fully saturated rings. The average Bonchev–Trinajstić information content (AvgIpc) is 2.92. The number of aryl methyl sites for hydroxylation is 2. The van der Waals surface area contributed by atoms with Crippen molar-refractivity contribution < 1.29 is 4.52 Å². The van der Waals surface area contributed by atoms with E-state index < -0.39 is 0 Å². The van der Waals surface area contributed by atoms with Gasteiger partial charge in [0.1, 0.15) is 5.76 Å². The van der Waals surface area contributed by atoms with Crippen LogP contribution in [-0.4, -0.2) is 14.9 Å². The molecule has 2 rings (SSSR count). The Labute approximate surface area is 108 Å². The highest BCUT2D eigenvalue weighted by molar-refractivity contribution is 9.10. The van der Waals surface area contributed by atoms with Gasteiger partial charge in [-0.1, -0.05) is 5.16 Å². The van der Waals surface area contributed by atoms with Gasteiger partial charge in [0.15, 0.2) is 0 Å². The maximum absolute atomic E-state index is 5.02. The Morgan fingerprint density at radius 1 is 1.47 bits per heavy atom. The SMILES string of the molecule is CCn1nc(C)c(Br)c1CNCc1ccno1. The predicted octanol–water partition coefficient (Wildman–Crippen LogP) is 2.25. The Balaban J connectivity index is 1.98. The van der Waals surface area contributed by atoms with E-state index >= 15 is 0 Å². The Bertz CT molecular complexity index is 478. The summed E-state index contributed by atoms with van der Waals surface area (Å²) in [5.41, 5.74) is 2.17. The average molecular weight is 299 g/mol. The second kappa shape index (κ2) is 5.46. The molecule has 0 radical (unpaired) electrons. The maximum atomic E-state index is 5.02. The minimum atomic E-state index is 0.667. The van der Waals surface area contributed by atoms with Gasteiger partial charge in [0.05, 0.1) is 28.6 Å². The number of hydrogen-bond acceptors (Lipinski definition) is 4. The highest BCUT2D eigenvalue weighted by Crippen LogP contribution is 2.20. The lowest BCUT2D eigenvalue weighted by atomic mass is 10.3. The van der Waals surface area contributed by atoms with E-state index in [0.717, 1.165) is 34.7 Å². The number of halogens is 1. The zero-order valence-corrected chi connectivity index (χ0v) is 11.5. The summed E-state index contributed by atoms with van der Waals surface area (Å²) in [6.07, 6.45) is 1.65. The third-order valence-electron chi connectivity index (χ3n) is 2.54. The van der Waals surface area contributed by atoms with E-state index in [-0.39, 0.29) is 0 Å². The molecule has 0 bridgehead atoms. The first-order valence-electron chi connectivity index (χ1n) is 5.54. The largest absolute Gasteiger partial charge is 0.360 e. The summed E-state index contributed by atoms with van der Waals surface area (Å²) >= 11 is 3.56. The van der Waals surface area contributed by atoms with Gasteiger partial charge in [0.2, 0.25) is 0 Å². The summed E-state index contributed by atoms with van der Waals surface area (Å²) in [7, 11) is 0. The van der Waals surface area contributed by atoms with Crippen molar-refractivity contribution in [3.05, 3.63) is 33.9 Å². The lowest BCUT2D eigenvalue weighted by molar-refractivity contribution is 0.371. The van der Waals surface area contributed by atoms with Crippen LogP contribution in [0, 0.1) is 6.92 Å². The molecule has 0 aliphatic carbocycles. The predicted molar refractivity (Wildman–Crippen MR) is 67.4 cm³/mol. The maximum Gasteiger partial charge on any atom is 0.150 e. The molecule has 0 unspecified atom stereocenters. The summed E-state index contributed by atoms with van der Waals surface area (Å²) in [5, 5.41) is 11.4. The molecule has 1 N–H and O–H groups in total. The first kappa shape index (κ1) is 12.3. The molecule has 0 amide bonds. The molecule has 2 heterocycles.